The van der Waals surface area contributed by atoms with E-state index in [0.717, 1.165) is 0 Å². The first-order chi connectivity index (χ1) is 17.5. The summed E-state index contributed by atoms with van der Waals surface area (Å²) in [6.45, 7) is 12.0. The number of amides is 2. The van der Waals surface area contributed by atoms with Gasteiger partial charge in [0.15, 0.2) is 0 Å². The number of ether oxygens (including phenoxy) is 2. The topological polar surface area (TPSA) is 124 Å². The molecule has 11 nitrogen and oxygen atoms in total. The minimum Gasteiger partial charge on any atom is -0.487 e. The fourth-order valence-electron chi connectivity index (χ4n) is 4.04. The van der Waals surface area contributed by atoms with Crippen LogP contribution in [0.25, 0.3) is 17.1 Å². The maximum atomic E-state index is 13.6. The quantitative estimate of drug-likeness (QED) is 0.556. The molecule has 37 heavy (non-hydrogen) atoms. The highest BCUT2D eigenvalue weighted by Crippen LogP contribution is 2.36. The molecule has 4 rings (SSSR count). The minimum atomic E-state index is -0.621. The molecule has 2 atom stereocenters. The molecule has 11 heteroatoms. The average Bonchev–Trinajstić information content (AvgIpc) is 3.33. The molecule has 0 bridgehead atoms. The van der Waals surface area contributed by atoms with Gasteiger partial charge in [-0.3, -0.25) is 9.78 Å². The Kier molecular flexibility index (Phi) is 7.42. The van der Waals surface area contributed by atoms with E-state index < -0.39 is 17.8 Å². The fraction of sp³-hybridized carbons (Fsp3) is 0.462. The van der Waals surface area contributed by atoms with Gasteiger partial charge in [0.05, 0.1) is 23.4 Å². The summed E-state index contributed by atoms with van der Waals surface area (Å²) in [6.07, 6.45) is 2.31. The molecule has 0 fully saturated rings. The van der Waals surface area contributed by atoms with Crippen molar-refractivity contribution in [2.45, 2.75) is 59.3 Å². The van der Waals surface area contributed by atoms with Gasteiger partial charge in [-0.15, -0.1) is 15.0 Å². The van der Waals surface area contributed by atoms with Crippen LogP contribution < -0.4 is 10.1 Å². The maximum absolute atomic E-state index is 13.6. The third-order valence-electron chi connectivity index (χ3n) is 5.91. The SMILES string of the molecule is CC1CN(C(C)C)C(=O)c2cccc(-c3nnn(-c4ccncc4)n3)c2OC1CNC(=O)OC(C)(C)C. The number of aromatic nitrogens is 5. The van der Waals surface area contributed by atoms with Crippen LogP contribution in [0.4, 0.5) is 4.79 Å². The summed E-state index contributed by atoms with van der Waals surface area (Å²) in [6, 6.07) is 8.81. The van der Waals surface area contributed by atoms with Gasteiger partial charge in [-0.2, -0.15) is 0 Å². The number of rotatable bonds is 5. The van der Waals surface area contributed by atoms with Gasteiger partial charge < -0.3 is 19.7 Å². The lowest BCUT2D eigenvalue weighted by Crippen LogP contribution is -2.49. The van der Waals surface area contributed by atoms with Crippen molar-refractivity contribution in [3.8, 4) is 22.8 Å². The van der Waals surface area contributed by atoms with Crippen molar-refractivity contribution < 1.29 is 19.1 Å². The highest BCUT2D eigenvalue weighted by Gasteiger charge is 2.34. The lowest BCUT2D eigenvalue weighted by molar-refractivity contribution is 0.0403. The normalized spacial score (nSPS) is 18.0. The third kappa shape index (κ3) is 6.04. The molecule has 0 radical (unpaired) electrons. The molecule has 0 aliphatic carbocycles. The summed E-state index contributed by atoms with van der Waals surface area (Å²) in [5.41, 5.74) is 1.01. The number of tetrazole rings is 1. The van der Waals surface area contributed by atoms with E-state index in [4.69, 9.17) is 9.47 Å². The van der Waals surface area contributed by atoms with Crippen molar-refractivity contribution in [2.75, 3.05) is 13.1 Å². The maximum Gasteiger partial charge on any atom is 0.407 e. The summed E-state index contributed by atoms with van der Waals surface area (Å²) >= 11 is 0. The first kappa shape index (κ1) is 26.1. The van der Waals surface area contributed by atoms with Gasteiger partial charge in [0.1, 0.15) is 17.5 Å². The van der Waals surface area contributed by atoms with Gasteiger partial charge in [-0.05, 0) is 64.1 Å². The van der Waals surface area contributed by atoms with Gasteiger partial charge >= 0.3 is 6.09 Å². The molecule has 1 aliphatic rings. The zero-order chi connectivity index (χ0) is 26.7. The van der Waals surface area contributed by atoms with Crippen LogP contribution in [-0.2, 0) is 4.74 Å². The number of hydrogen-bond donors (Lipinski definition) is 1. The van der Waals surface area contributed by atoms with E-state index in [0.29, 0.717) is 34.9 Å². The Bertz CT molecular complexity index is 1250. The molecule has 2 aromatic heterocycles. The van der Waals surface area contributed by atoms with Crippen molar-refractivity contribution in [3.05, 3.63) is 48.3 Å². The number of benzene rings is 1. The molecule has 0 spiro atoms. The summed E-state index contributed by atoms with van der Waals surface area (Å²) in [5, 5.41) is 15.7. The van der Waals surface area contributed by atoms with E-state index in [-0.39, 0.29) is 24.4 Å². The zero-order valence-corrected chi connectivity index (χ0v) is 22.0. The van der Waals surface area contributed by atoms with Crippen LogP contribution in [0.3, 0.4) is 0 Å². The van der Waals surface area contributed by atoms with Crippen LogP contribution >= 0.6 is 0 Å². The molecular weight excluding hydrogens is 474 g/mol. The zero-order valence-electron chi connectivity index (χ0n) is 22.0. The lowest BCUT2D eigenvalue weighted by atomic mass is 9.98. The lowest BCUT2D eigenvalue weighted by Gasteiger charge is -2.37. The van der Waals surface area contributed by atoms with Crippen LogP contribution in [0.5, 0.6) is 5.75 Å². The molecule has 0 saturated carbocycles. The number of alkyl carbamates (subject to hydrolysis) is 1. The summed E-state index contributed by atoms with van der Waals surface area (Å²) in [7, 11) is 0. The van der Waals surface area contributed by atoms with E-state index in [1.165, 1.54) is 4.80 Å². The summed E-state index contributed by atoms with van der Waals surface area (Å²) < 4.78 is 11.9. The standard InChI is InChI=1S/C26H33N7O4/c1-16(2)32-15-17(3)21(14-28-25(35)37-26(4,5)6)36-22-19(8-7-9-20(22)24(32)34)23-29-31-33(30-23)18-10-12-27-13-11-18/h7-13,16-17,21H,14-15H2,1-6H3,(H,28,35). The first-order valence-electron chi connectivity index (χ1n) is 12.3. The molecule has 1 aromatic carbocycles. The second kappa shape index (κ2) is 10.5. The van der Waals surface area contributed by atoms with Gasteiger partial charge in [-0.25, -0.2) is 4.79 Å². The predicted molar refractivity (Wildman–Crippen MR) is 136 cm³/mol. The van der Waals surface area contributed by atoms with E-state index >= 15 is 0 Å². The van der Waals surface area contributed by atoms with Gasteiger partial charge in [-0.1, -0.05) is 13.0 Å². The highest BCUT2D eigenvalue weighted by molar-refractivity contribution is 5.99. The number of carbonyl (C=O) groups is 2. The van der Waals surface area contributed by atoms with Crippen LogP contribution in [0.15, 0.2) is 42.7 Å². The Morgan fingerprint density at radius 3 is 2.57 bits per heavy atom. The van der Waals surface area contributed by atoms with Crippen LogP contribution in [0.1, 0.15) is 51.9 Å². The number of hydrogen-bond acceptors (Lipinski definition) is 8. The number of para-hydroxylation sites is 1. The van der Waals surface area contributed by atoms with Gasteiger partial charge in [0, 0.05) is 30.9 Å². The van der Waals surface area contributed by atoms with Crippen LogP contribution in [0, 0.1) is 5.92 Å². The number of nitrogens with zero attached hydrogens (tertiary/aromatic N) is 6. The molecule has 1 N–H and O–H groups in total. The Hall–Kier alpha value is -4.02. The number of carbonyl (C=O) groups excluding carboxylic acids is 2. The van der Waals surface area contributed by atoms with Crippen molar-refractivity contribution in [1.29, 1.82) is 0 Å². The van der Waals surface area contributed by atoms with E-state index in [9.17, 15) is 9.59 Å². The Morgan fingerprint density at radius 1 is 1.19 bits per heavy atom. The Morgan fingerprint density at radius 2 is 1.89 bits per heavy atom. The molecule has 0 saturated heterocycles. The molecule has 3 heterocycles. The molecule has 2 amide bonds. The number of fused-ring (bicyclic) bond motifs is 1. The molecule has 196 valence electrons. The van der Waals surface area contributed by atoms with Gasteiger partial charge in [0.25, 0.3) is 5.91 Å². The van der Waals surface area contributed by atoms with Crippen molar-refractivity contribution in [1.82, 2.24) is 35.4 Å². The second-order valence-electron chi connectivity index (χ2n) is 10.4. The van der Waals surface area contributed by atoms with Gasteiger partial charge in [0.2, 0.25) is 5.82 Å². The predicted octanol–water partition coefficient (Wildman–Crippen LogP) is 3.50. The smallest absolute Gasteiger partial charge is 0.407 e. The first-order valence-corrected chi connectivity index (χ1v) is 12.3. The fourth-order valence-corrected chi connectivity index (χ4v) is 4.04. The number of pyridine rings is 1. The van der Waals surface area contributed by atoms with Crippen molar-refractivity contribution in [2.24, 2.45) is 5.92 Å². The summed E-state index contributed by atoms with van der Waals surface area (Å²) in [4.78, 5) is 33.2. The third-order valence-corrected chi connectivity index (χ3v) is 5.91. The van der Waals surface area contributed by atoms with E-state index in [1.807, 2.05) is 46.4 Å². The molecule has 3 aromatic rings. The molecular formula is C26H33N7O4. The molecule has 1 aliphatic heterocycles. The van der Waals surface area contributed by atoms with Crippen molar-refractivity contribution in [3.63, 3.8) is 0 Å². The minimum absolute atomic E-state index is 0.0327. The van der Waals surface area contributed by atoms with Crippen LogP contribution in [-0.4, -0.2) is 72.9 Å². The number of nitrogens with one attached hydrogen (secondary N) is 1. The highest BCUT2D eigenvalue weighted by atomic mass is 16.6. The second-order valence-corrected chi connectivity index (χ2v) is 10.4. The molecule has 2 unspecified atom stereocenters. The Labute approximate surface area is 216 Å². The van der Waals surface area contributed by atoms with E-state index in [2.05, 4.69) is 25.7 Å². The summed E-state index contributed by atoms with van der Waals surface area (Å²) in [5.74, 6) is 0.432. The van der Waals surface area contributed by atoms with E-state index in [1.54, 1.807) is 42.7 Å². The average molecular weight is 508 g/mol. The largest absolute Gasteiger partial charge is 0.487 e. The Balaban J connectivity index is 1.71. The van der Waals surface area contributed by atoms with Crippen LogP contribution in [0.2, 0.25) is 0 Å². The van der Waals surface area contributed by atoms with Crippen molar-refractivity contribution >= 4 is 12.0 Å². The monoisotopic (exact) mass is 507 g/mol.